The highest BCUT2D eigenvalue weighted by molar-refractivity contribution is 7.92. The van der Waals surface area contributed by atoms with E-state index >= 15 is 0 Å². The van der Waals surface area contributed by atoms with E-state index in [1.807, 2.05) is 0 Å². The van der Waals surface area contributed by atoms with Gasteiger partial charge in [-0.15, -0.1) is 0 Å². The maximum atomic E-state index is 12.1. The van der Waals surface area contributed by atoms with Crippen molar-refractivity contribution in [3.8, 4) is 0 Å². The summed E-state index contributed by atoms with van der Waals surface area (Å²) in [6.45, 7) is 1.73. The summed E-state index contributed by atoms with van der Waals surface area (Å²) < 4.78 is 49.4. The molecule has 0 unspecified atom stereocenters. The fraction of sp³-hybridized carbons (Fsp3) is 0.364. The first-order valence-electron chi connectivity index (χ1n) is 5.28. The van der Waals surface area contributed by atoms with Crippen molar-refractivity contribution in [1.82, 2.24) is 0 Å². The predicted octanol–water partition coefficient (Wildman–Crippen LogP) is 2.29. The van der Waals surface area contributed by atoms with E-state index in [2.05, 4.69) is 4.72 Å². The number of rotatable bonds is 6. The van der Waals surface area contributed by atoms with Gasteiger partial charge in [0.2, 0.25) is 15.8 Å². The van der Waals surface area contributed by atoms with E-state index in [1.54, 1.807) is 6.92 Å². The Kier molecular flexibility index (Phi) is 4.77. The minimum atomic E-state index is -3.42. The van der Waals surface area contributed by atoms with Gasteiger partial charge in [0.1, 0.15) is 0 Å². The number of Topliss-reactive ketones (excluding diaryl/α,β-unsaturated/α-hetero) is 1. The molecule has 0 spiro atoms. The molecule has 0 fully saturated rings. The lowest BCUT2D eigenvalue weighted by Gasteiger charge is -2.07. The zero-order valence-electron chi connectivity index (χ0n) is 9.69. The van der Waals surface area contributed by atoms with Crippen molar-refractivity contribution in [2.45, 2.75) is 19.8 Å². The Labute approximate surface area is 104 Å². The summed E-state index contributed by atoms with van der Waals surface area (Å²) in [5, 5.41) is 0. The lowest BCUT2D eigenvalue weighted by atomic mass is 10.1. The standard InChI is InChI=1S/C11H13F2NO3S/c1-2-7-18(16,17)14-9-5-3-8(4-6-9)10(15)11(12)13/h3-6,11,14H,2,7H2,1H3. The number of benzene rings is 1. The maximum Gasteiger partial charge on any atom is 0.300 e. The number of nitrogens with one attached hydrogen (secondary N) is 1. The molecular weight excluding hydrogens is 264 g/mol. The van der Waals surface area contributed by atoms with E-state index < -0.39 is 22.2 Å². The Morgan fingerprint density at radius 1 is 1.28 bits per heavy atom. The van der Waals surface area contributed by atoms with Crippen LogP contribution in [-0.4, -0.2) is 26.4 Å². The first-order chi connectivity index (χ1) is 8.35. The SMILES string of the molecule is CCCS(=O)(=O)Nc1ccc(C(=O)C(F)F)cc1. The molecule has 0 aliphatic heterocycles. The molecule has 0 amide bonds. The van der Waals surface area contributed by atoms with Crippen LogP contribution in [0.1, 0.15) is 23.7 Å². The third-order valence-corrected chi connectivity index (χ3v) is 3.61. The van der Waals surface area contributed by atoms with Gasteiger partial charge in [-0.05, 0) is 30.7 Å². The molecule has 0 saturated heterocycles. The van der Waals surface area contributed by atoms with Crippen LogP contribution in [-0.2, 0) is 10.0 Å². The second kappa shape index (κ2) is 5.90. The average Bonchev–Trinajstić information content (AvgIpc) is 2.28. The second-order valence-electron chi connectivity index (χ2n) is 3.66. The van der Waals surface area contributed by atoms with Gasteiger partial charge < -0.3 is 0 Å². The molecule has 0 aromatic heterocycles. The van der Waals surface area contributed by atoms with Crippen molar-refractivity contribution in [2.24, 2.45) is 0 Å². The summed E-state index contributed by atoms with van der Waals surface area (Å²) in [5.74, 6) is -1.30. The van der Waals surface area contributed by atoms with E-state index in [0.717, 1.165) is 12.1 Å². The van der Waals surface area contributed by atoms with E-state index in [9.17, 15) is 22.0 Å². The van der Waals surface area contributed by atoms with E-state index in [-0.39, 0.29) is 17.0 Å². The smallest absolute Gasteiger partial charge is 0.288 e. The molecule has 1 rings (SSSR count). The lowest BCUT2D eigenvalue weighted by Crippen LogP contribution is -2.16. The second-order valence-corrected chi connectivity index (χ2v) is 5.51. The zero-order chi connectivity index (χ0) is 13.8. The van der Waals surface area contributed by atoms with Crippen molar-refractivity contribution >= 4 is 21.5 Å². The Hall–Kier alpha value is -1.50. The molecule has 18 heavy (non-hydrogen) atoms. The number of ketones is 1. The van der Waals surface area contributed by atoms with Gasteiger partial charge in [-0.1, -0.05) is 6.92 Å². The van der Waals surface area contributed by atoms with Gasteiger partial charge in [-0.25, -0.2) is 17.2 Å². The van der Waals surface area contributed by atoms with Crippen LogP contribution in [0.2, 0.25) is 0 Å². The summed E-state index contributed by atoms with van der Waals surface area (Å²) in [5.41, 5.74) is 0.0951. The number of sulfonamides is 1. The molecule has 7 heteroatoms. The van der Waals surface area contributed by atoms with Crippen LogP contribution in [0.4, 0.5) is 14.5 Å². The molecule has 1 aromatic rings. The van der Waals surface area contributed by atoms with E-state index in [0.29, 0.717) is 6.42 Å². The minimum absolute atomic E-state index is 0.0231. The number of anilines is 1. The van der Waals surface area contributed by atoms with Crippen molar-refractivity contribution < 1.29 is 22.0 Å². The Morgan fingerprint density at radius 2 is 1.83 bits per heavy atom. The van der Waals surface area contributed by atoms with Gasteiger partial charge in [0, 0.05) is 11.3 Å². The fourth-order valence-corrected chi connectivity index (χ4v) is 2.46. The van der Waals surface area contributed by atoms with Gasteiger partial charge in [0.05, 0.1) is 5.75 Å². The third-order valence-electron chi connectivity index (χ3n) is 2.11. The van der Waals surface area contributed by atoms with E-state index in [1.165, 1.54) is 12.1 Å². The average molecular weight is 277 g/mol. The van der Waals surface area contributed by atoms with Crippen LogP contribution < -0.4 is 4.72 Å². The van der Waals surface area contributed by atoms with Gasteiger partial charge in [0.25, 0.3) is 0 Å². The summed E-state index contributed by atoms with van der Waals surface area (Å²) >= 11 is 0. The summed E-state index contributed by atoms with van der Waals surface area (Å²) in [7, 11) is -3.42. The number of carbonyl (C=O) groups excluding carboxylic acids is 1. The molecule has 4 nitrogen and oxygen atoms in total. The number of halogens is 2. The largest absolute Gasteiger partial charge is 0.300 e. The molecule has 1 aromatic carbocycles. The molecule has 0 bridgehead atoms. The van der Waals surface area contributed by atoms with Crippen LogP contribution in [0.15, 0.2) is 24.3 Å². The van der Waals surface area contributed by atoms with Crippen molar-refractivity contribution in [3.05, 3.63) is 29.8 Å². The Bertz CT molecular complexity index is 512. The summed E-state index contributed by atoms with van der Waals surface area (Å²) in [6.07, 6.45) is -2.59. The Balaban J connectivity index is 2.81. The lowest BCUT2D eigenvalue weighted by molar-refractivity contribution is 0.0679. The van der Waals surface area contributed by atoms with Gasteiger partial charge in [0.15, 0.2) is 0 Å². The molecule has 0 atom stereocenters. The number of carbonyl (C=O) groups is 1. The number of alkyl halides is 2. The van der Waals surface area contributed by atoms with Gasteiger partial charge in [-0.2, -0.15) is 0 Å². The van der Waals surface area contributed by atoms with Crippen LogP contribution in [0, 0.1) is 0 Å². The van der Waals surface area contributed by atoms with E-state index in [4.69, 9.17) is 0 Å². The van der Waals surface area contributed by atoms with Crippen molar-refractivity contribution in [3.63, 3.8) is 0 Å². The van der Waals surface area contributed by atoms with Crippen LogP contribution in [0.3, 0.4) is 0 Å². The van der Waals surface area contributed by atoms with Gasteiger partial charge in [-0.3, -0.25) is 9.52 Å². The van der Waals surface area contributed by atoms with Crippen LogP contribution in [0.25, 0.3) is 0 Å². The highest BCUT2D eigenvalue weighted by atomic mass is 32.2. The molecular formula is C11H13F2NO3S. The summed E-state index contributed by atoms with van der Waals surface area (Å²) in [4.78, 5) is 11.0. The molecule has 1 N–H and O–H groups in total. The van der Waals surface area contributed by atoms with Gasteiger partial charge >= 0.3 is 6.43 Å². The highest BCUT2D eigenvalue weighted by Crippen LogP contribution is 2.14. The molecule has 100 valence electrons. The monoisotopic (exact) mass is 277 g/mol. The number of hydrogen-bond donors (Lipinski definition) is 1. The molecule has 0 radical (unpaired) electrons. The topological polar surface area (TPSA) is 63.2 Å². The first kappa shape index (κ1) is 14.6. The molecule has 0 saturated carbocycles. The maximum absolute atomic E-state index is 12.1. The van der Waals surface area contributed by atoms with Crippen molar-refractivity contribution in [1.29, 1.82) is 0 Å². The summed E-state index contributed by atoms with van der Waals surface area (Å²) in [6, 6.07) is 4.89. The first-order valence-corrected chi connectivity index (χ1v) is 6.94. The molecule has 0 heterocycles. The molecule has 0 aliphatic rings. The zero-order valence-corrected chi connectivity index (χ0v) is 10.5. The number of hydrogen-bond acceptors (Lipinski definition) is 3. The van der Waals surface area contributed by atoms with Crippen LogP contribution >= 0.6 is 0 Å². The quantitative estimate of drug-likeness (QED) is 0.811. The highest BCUT2D eigenvalue weighted by Gasteiger charge is 2.17. The minimum Gasteiger partial charge on any atom is -0.288 e. The third kappa shape index (κ3) is 4.06. The molecule has 0 aliphatic carbocycles. The normalized spacial score (nSPS) is 11.6. The fourth-order valence-electron chi connectivity index (χ4n) is 1.33. The predicted molar refractivity (Wildman–Crippen MR) is 64.5 cm³/mol. The van der Waals surface area contributed by atoms with Crippen molar-refractivity contribution in [2.75, 3.05) is 10.5 Å². The Morgan fingerprint density at radius 3 is 2.28 bits per heavy atom. The van der Waals surface area contributed by atoms with Crippen LogP contribution in [0.5, 0.6) is 0 Å².